The van der Waals surface area contributed by atoms with Crippen LogP contribution in [0.1, 0.15) is 40.2 Å². The molecular weight excluding hydrogens is 404 g/mol. The van der Waals surface area contributed by atoms with Crippen molar-refractivity contribution >= 4 is 15.9 Å². The molecule has 2 aliphatic heterocycles. The van der Waals surface area contributed by atoms with Gasteiger partial charge in [-0.1, -0.05) is 17.3 Å². The molecule has 1 amide bonds. The summed E-state index contributed by atoms with van der Waals surface area (Å²) in [5.41, 5.74) is 2.16. The highest BCUT2D eigenvalue weighted by Crippen LogP contribution is 2.24. The molecule has 0 spiro atoms. The third-order valence-corrected chi connectivity index (χ3v) is 8.01. The SMILES string of the molecule is Cc1noc(C)c1S(=O)(=O)N1CCN(C(=O)c2cccc(CN3CCCC3)c2)CC1. The van der Waals surface area contributed by atoms with Crippen molar-refractivity contribution in [3.8, 4) is 0 Å². The van der Waals surface area contributed by atoms with E-state index in [1.54, 1.807) is 18.7 Å². The smallest absolute Gasteiger partial charge is 0.253 e. The van der Waals surface area contributed by atoms with Crippen molar-refractivity contribution < 1.29 is 17.7 Å². The minimum atomic E-state index is -3.68. The van der Waals surface area contributed by atoms with Crippen LogP contribution in [0.25, 0.3) is 0 Å². The standard InChI is InChI=1S/C21H28N4O4S/c1-16-20(17(2)29-22-16)30(27,28)25-12-10-24(11-13-25)21(26)19-7-5-6-18(14-19)15-23-8-3-4-9-23/h5-7,14H,3-4,8-13,15H2,1-2H3. The molecule has 4 rings (SSSR count). The van der Waals surface area contributed by atoms with Gasteiger partial charge in [0.05, 0.1) is 0 Å². The lowest BCUT2D eigenvalue weighted by molar-refractivity contribution is 0.0697. The van der Waals surface area contributed by atoms with Gasteiger partial charge in [0.2, 0.25) is 10.0 Å². The second-order valence-corrected chi connectivity index (χ2v) is 9.91. The molecule has 0 radical (unpaired) electrons. The summed E-state index contributed by atoms with van der Waals surface area (Å²) in [6.45, 7) is 7.54. The molecule has 9 heteroatoms. The summed E-state index contributed by atoms with van der Waals surface area (Å²) in [7, 11) is -3.68. The average Bonchev–Trinajstić information content (AvgIpc) is 3.37. The summed E-state index contributed by atoms with van der Waals surface area (Å²) in [5, 5.41) is 3.76. The Balaban J connectivity index is 1.41. The molecule has 162 valence electrons. The van der Waals surface area contributed by atoms with E-state index in [0.717, 1.165) is 25.2 Å². The number of likely N-dealkylation sites (tertiary alicyclic amines) is 1. The van der Waals surface area contributed by atoms with Crippen molar-refractivity contribution in [1.82, 2.24) is 19.3 Å². The van der Waals surface area contributed by atoms with Gasteiger partial charge < -0.3 is 9.42 Å². The zero-order valence-corrected chi connectivity index (χ0v) is 18.3. The highest BCUT2D eigenvalue weighted by Gasteiger charge is 2.34. The molecule has 0 unspecified atom stereocenters. The first-order chi connectivity index (χ1) is 14.4. The van der Waals surface area contributed by atoms with Crippen LogP contribution in [0.3, 0.4) is 0 Å². The van der Waals surface area contributed by atoms with Crippen LogP contribution in [0.15, 0.2) is 33.7 Å². The van der Waals surface area contributed by atoms with Gasteiger partial charge in [-0.3, -0.25) is 9.69 Å². The molecule has 1 aromatic heterocycles. The molecule has 3 heterocycles. The van der Waals surface area contributed by atoms with Gasteiger partial charge in [-0.25, -0.2) is 8.42 Å². The molecule has 0 aliphatic carbocycles. The Morgan fingerprint density at radius 1 is 1.07 bits per heavy atom. The highest BCUT2D eigenvalue weighted by molar-refractivity contribution is 7.89. The van der Waals surface area contributed by atoms with Crippen molar-refractivity contribution in [2.45, 2.75) is 38.1 Å². The maximum absolute atomic E-state index is 13.0. The highest BCUT2D eigenvalue weighted by atomic mass is 32.2. The number of hydrogen-bond donors (Lipinski definition) is 0. The number of hydrogen-bond acceptors (Lipinski definition) is 6. The first-order valence-electron chi connectivity index (χ1n) is 10.4. The van der Waals surface area contributed by atoms with Crippen LogP contribution in [0, 0.1) is 13.8 Å². The maximum Gasteiger partial charge on any atom is 0.253 e. The molecule has 8 nitrogen and oxygen atoms in total. The Morgan fingerprint density at radius 2 is 1.77 bits per heavy atom. The van der Waals surface area contributed by atoms with E-state index in [1.165, 1.54) is 17.1 Å². The van der Waals surface area contributed by atoms with Gasteiger partial charge in [-0.05, 0) is 57.5 Å². The van der Waals surface area contributed by atoms with Gasteiger partial charge in [-0.2, -0.15) is 4.31 Å². The van der Waals surface area contributed by atoms with Crippen LogP contribution in [-0.2, 0) is 16.6 Å². The zero-order valence-electron chi connectivity index (χ0n) is 17.5. The van der Waals surface area contributed by atoms with E-state index in [1.807, 2.05) is 18.2 Å². The molecule has 0 saturated carbocycles. The Hall–Kier alpha value is -2.23. The Bertz CT molecular complexity index is 1000. The zero-order chi connectivity index (χ0) is 21.3. The number of nitrogens with zero attached hydrogens (tertiary/aromatic N) is 4. The largest absolute Gasteiger partial charge is 0.360 e. The Morgan fingerprint density at radius 3 is 2.40 bits per heavy atom. The van der Waals surface area contributed by atoms with E-state index in [2.05, 4.69) is 16.1 Å². The van der Waals surface area contributed by atoms with E-state index >= 15 is 0 Å². The van der Waals surface area contributed by atoms with Gasteiger partial charge in [-0.15, -0.1) is 0 Å². The van der Waals surface area contributed by atoms with E-state index in [4.69, 9.17) is 4.52 Å². The number of sulfonamides is 1. The van der Waals surface area contributed by atoms with Gasteiger partial charge in [0.25, 0.3) is 5.91 Å². The van der Waals surface area contributed by atoms with Crippen molar-refractivity contribution in [2.75, 3.05) is 39.3 Å². The van der Waals surface area contributed by atoms with Gasteiger partial charge >= 0.3 is 0 Å². The molecule has 0 bridgehead atoms. The van der Waals surface area contributed by atoms with Crippen molar-refractivity contribution in [3.63, 3.8) is 0 Å². The molecule has 0 N–H and O–H groups in total. The fourth-order valence-electron chi connectivity index (χ4n) is 4.29. The lowest BCUT2D eigenvalue weighted by Gasteiger charge is -2.34. The molecule has 0 atom stereocenters. The predicted molar refractivity (Wildman–Crippen MR) is 112 cm³/mol. The van der Waals surface area contributed by atoms with Crippen molar-refractivity contribution in [3.05, 3.63) is 46.8 Å². The quantitative estimate of drug-likeness (QED) is 0.719. The van der Waals surface area contributed by atoms with Gasteiger partial charge in [0.15, 0.2) is 5.76 Å². The lowest BCUT2D eigenvalue weighted by Crippen LogP contribution is -2.50. The number of benzene rings is 1. The summed E-state index contributed by atoms with van der Waals surface area (Å²) in [4.78, 5) is 17.3. The van der Waals surface area contributed by atoms with Crippen LogP contribution < -0.4 is 0 Å². The van der Waals surface area contributed by atoms with Crippen LogP contribution in [0.5, 0.6) is 0 Å². The second kappa shape index (κ2) is 8.49. The molecule has 1 aromatic carbocycles. The predicted octanol–water partition coefficient (Wildman–Crippen LogP) is 2.03. The van der Waals surface area contributed by atoms with Crippen LogP contribution in [-0.4, -0.2) is 72.9 Å². The number of rotatable bonds is 5. The van der Waals surface area contributed by atoms with Gasteiger partial charge in [0, 0.05) is 38.3 Å². The van der Waals surface area contributed by atoms with E-state index in [0.29, 0.717) is 30.1 Å². The third kappa shape index (κ3) is 4.14. The number of piperazine rings is 1. The van der Waals surface area contributed by atoms with Gasteiger partial charge in [0.1, 0.15) is 10.6 Å². The summed E-state index contributed by atoms with van der Waals surface area (Å²) in [6, 6.07) is 7.79. The van der Waals surface area contributed by atoms with Crippen molar-refractivity contribution in [2.24, 2.45) is 0 Å². The summed E-state index contributed by atoms with van der Waals surface area (Å²) in [5.74, 6) is 0.244. The number of amides is 1. The van der Waals surface area contributed by atoms with Crippen LogP contribution >= 0.6 is 0 Å². The monoisotopic (exact) mass is 432 g/mol. The summed E-state index contributed by atoms with van der Waals surface area (Å²) >= 11 is 0. The van der Waals surface area contributed by atoms with E-state index < -0.39 is 10.0 Å². The minimum absolute atomic E-state index is 0.0485. The number of aromatic nitrogens is 1. The minimum Gasteiger partial charge on any atom is -0.360 e. The molecule has 2 fully saturated rings. The van der Waals surface area contributed by atoms with Crippen LogP contribution in [0.2, 0.25) is 0 Å². The fraction of sp³-hybridized carbons (Fsp3) is 0.524. The molecule has 2 aromatic rings. The molecular formula is C21H28N4O4S. The van der Waals surface area contributed by atoms with Crippen LogP contribution in [0.4, 0.5) is 0 Å². The normalized spacial score (nSPS) is 18.8. The topological polar surface area (TPSA) is 87.0 Å². The molecule has 2 aliphatic rings. The first-order valence-corrected chi connectivity index (χ1v) is 11.8. The maximum atomic E-state index is 13.0. The second-order valence-electron chi connectivity index (χ2n) is 8.03. The van der Waals surface area contributed by atoms with Crippen molar-refractivity contribution in [1.29, 1.82) is 0 Å². The van der Waals surface area contributed by atoms with E-state index in [-0.39, 0.29) is 23.9 Å². The third-order valence-electron chi connectivity index (χ3n) is 5.87. The molecule has 30 heavy (non-hydrogen) atoms. The average molecular weight is 433 g/mol. The summed E-state index contributed by atoms with van der Waals surface area (Å²) < 4.78 is 32.4. The van der Waals surface area contributed by atoms with E-state index in [9.17, 15) is 13.2 Å². The number of aryl methyl sites for hydroxylation is 2. The Kier molecular flexibility index (Phi) is 5.95. The first kappa shape index (κ1) is 21.0. The number of carbonyl (C=O) groups excluding carboxylic acids is 1. The lowest BCUT2D eigenvalue weighted by atomic mass is 10.1. The molecule has 2 saturated heterocycles. The summed E-state index contributed by atoms with van der Waals surface area (Å²) in [6.07, 6.45) is 2.47. The number of carbonyl (C=O) groups is 1. The fourth-order valence-corrected chi connectivity index (χ4v) is 6.00. The Labute approximate surface area is 177 Å².